The molecule has 0 atom stereocenters. The van der Waals surface area contributed by atoms with Gasteiger partial charge >= 0.3 is 0 Å². The lowest BCUT2D eigenvalue weighted by Gasteiger charge is -2.09. The topological polar surface area (TPSA) is 98.4 Å². The molecule has 0 rings (SSSR count). The molecule has 0 aromatic carbocycles. The molecule has 0 saturated carbocycles. The van der Waals surface area contributed by atoms with Gasteiger partial charge in [0, 0.05) is 55.8 Å². The van der Waals surface area contributed by atoms with Crippen LogP contribution in [0, 0.1) is 0 Å². The highest BCUT2D eigenvalue weighted by Crippen LogP contribution is 1.97. The Balaban J connectivity index is 3.14. The van der Waals surface area contributed by atoms with Gasteiger partial charge in [0.2, 0.25) is 11.8 Å². The molecule has 0 unspecified atom stereocenters. The minimum absolute atomic E-state index is 0.0337. The van der Waals surface area contributed by atoms with E-state index >= 15 is 0 Å². The van der Waals surface area contributed by atoms with E-state index in [1.807, 2.05) is 10.2 Å². The van der Waals surface area contributed by atoms with Crippen LogP contribution >= 0.6 is 22.9 Å². The van der Waals surface area contributed by atoms with E-state index in [-0.39, 0.29) is 11.8 Å². The van der Waals surface area contributed by atoms with Gasteiger partial charge in [-0.1, -0.05) is 0 Å². The standard InChI is InChI=1S/C17H34IN3O6/c1-19-16(22)5-8-24-10-12-26-14-15-27-13-11-25-9-6-20-17(23)4-3-7-21(2)18/h3-15H2,1-2H3,(H,19,22)(H,20,23). The zero-order chi connectivity index (χ0) is 20.2. The molecule has 0 heterocycles. The summed E-state index contributed by atoms with van der Waals surface area (Å²) in [6, 6.07) is 0. The maximum absolute atomic E-state index is 11.5. The molecule has 9 nitrogen and oxygen atoms in total. The van der Waals surface area contributed by atoms with E-state index in [0.29, 0.717) is 72.2 Å². The van der Waals surface area contributed by atoms with Gasteiger partial charge in [0.05, 0.1) is 52.9 Å². The van der Waals surface area contributed by atoms with E-state index in [1.54, 1.807) is 7.05 Å². The van der Waals surface area contributed by atoms with Crippen LogP contribution in [-0.4, -0.2) is 95.0 Å². The Morgan fingerprint density at radius 2 is 1.33 bits per heavy atom. The smallest absolute Gasteiger partial charge is 0.222 e. The summed E-state index contributed by atoms with van der Waals surface area (Å²) in [5.41, 5.74) is 0. The molecule has 10 heteroatoms. The Hall–Kier alpha value is -0.530. The number of ether oxygens (including phenoxy) is 4. The van der Waals surface area contributed by atoms with Crippen molar-refractivity contribution in [1.29, 1.82) is 0 Å². The average Bonchev–Trinajstić information content (AvgIpc) is 2.64. The Bertz CT molecular complexity index is 375. The van der Waals surface area contributed by atoms with Gasteiger partial charge in [-0.15, -0.1) is 0 Å². The molecule has 0 radical (unpaired) electrons. The van der Waals surface area contributed by atoms with Gasteiger partial charge in [-0.05, 0) is 13.5 Å². The lowest BCUT2D eigenvalue weighted by molar-refractivity contribution is -0.122. The largest absolute Gasteiger partial charge is 0.379 e. The average molecular weight is 503 g/mol. The molecule has 0 aliphatic rings. The molecule has 0 saturated heterocycles. The molecule has 2 amide bonds. The van der Waals surface area contributed by atoms with Gasteiger partial charge in [-0.2, -0.15) is 0 Å². The number of nitrogens with zero attached hydrogens (tertiary/aromatic N) is 1. The summed E-state index contributed by atoms with van der Waals surface area (Å²) in [6.07, 6.45) is 1.75. The van der Waals surface area contributed by atoms with Gasteiger partial charge in [-0.3, -0.25) is 12.7 Å². The van der Waals surface area contributed by atoms with Gasteiger partial charge in [-0.25, -0.2) is 0 Å². The van der Waals surface area contributed by atoms with Gasteiger partial charge in [0.15, 0.2) is 0 Å². The van der Waals surface area contributed by atoms with Crippen LogP contribution in [0.2, 0.25) is 0 Å². The predicted octanol–water partition coefficient (Wildman–Crippen LogP) is 0.367. The van der Waals surface area contributed by atoms with Crippen molar-refractivity contribution in [3.8, 4) is 0 Å². The lowest BCUT2D eigenvalue weighted by atomic mass is 10.3. The van der Waals surface area contributed by atoms with Crippen LogP contribution in [0.15, 0.2) is 0 Å². The first-order chi connectivity index (χ1) is 13.1. The second-order valence-electron chi connectivity index (χ2n) is 5.65. The van der Waals surface area contributed by atoms with E-state index in [1.165, 1.54) is 0 Å². The quantitative estimate of drug-likeness (QED) is 0.149. The molecule has 0 aliphatic heterocycles. The molecule has 0 bridgehead atoms. The molecule has 0 spiro atoms. The SMILES string of the molecule is CNC(=O)CCOCCOCCOCCOCCNC(=O)CCCN(C)I. The van der Waals surface area contributed by atoms with Gasteiger partial charge < -0.3 is 29.6 Å². The van der Waals surface area contributed by atoms with Crippen LogP contribution in [0.3, 0.4) is 0 Å². The summed E-state index contributed by atoms with van der Waals surface area (Å²) >= 11 is 2.20. The highest BCUT2D eigenvalue weighted by Gasteiger charge is 2.01. The number of rotatable bonds is 19. The fourth-order valence-electron chi connectivity index (χ4n) is 1.86. The minimum atomic E-state index is -0.0337. The van der Waals surface area contributed by atoms with Gasteiger partial charge in [0.1, 0.15) is 0 Å². The van der Waals surface area contributed by atoms with Gasteiger partial charge in [0.25, 0.3) is 0 Å². The van der Waals surface area contributed by atoms with Crippen molar-refractivity contribution in [3.05, 3.63) is 0 Å². The van der Waals surface area contributed by atoms with E-state index in [4.69, 9.17) is 18.9 Å². The molecule has 0 aromatic rings. The van der Waals surface area contributed by atoms with E-state index in [2.05, 4.69) is 33.5 Å². The van der Waals surface area contributed by atoms with Crippen molar-refractivity contribution >= 4 is 34.7 Å². The first-order valence-electron chi connectivity index (χ1n) is 9.21. The Labute approximate surface area is 176 Å². The Kier molecular flexibility index (Phi) is 19.8. The maximum atomic E-state index is 11.5. The molecule has 0 fully saturated rings. The molecular formula is C17H34IN3O6. The first-order valence-corrected chi connectivity index (χ1v) is 10.2. The van der Waals surface area contributed by atoms with Crippen LogP contribution < -0.4 is 10.6 Å². The summed E-state index contributed by atoms with van der Waals surface area (Å²) in [6.45, 7) is 5.17. The molecule has 0 aliphatic carbocycles. The third-order valence-electron chi connectivity index (χ3n) is 3.31. The van der Waals surface area contributed by atoms with Crippen molar-refractivity contribution in [3.63, 3.8) is 0 Å². The van der Waals surface area contributed by atoms with Crippen molar-refractivity contribution < 1.29 is 28.5 Å². The third kappa shape index (κ3) is 21.6. The van der Waals surface area contributed by atoms with Crippen LogP contribution in [0.4, 0.5) is 0 Å². The summed E-state index contributed by atoms with van der Waals surface area (Å²) in [4.78, 5) is 22.5. The number of amides is 2. The summed E-state index contributed by atoms with van der Waals surface area (Å²) in [5.74, 6) is 0.0245. The molecule has 27 heavy (non-hydrogen) atoms. The van der Waals surface area contributed by atoms with Crippen molar-refractivity contribution in [2.45, 2.75) is 19.3 Å². The summed E-state index contributed by atoms with van der Waals surface area (Å²) in [7, 11) is 3.58. The second-order valence-corrected chi connectivity index (χ2v) is 7.30. The zero-order valence-corrected chi connectivity index (χ0v) is 18.6. The number of nitrogens with one attached hydrogen (secondary N) is 2. The molecular weight excluding hydrogens is 469 g/mol. The predicted molar refractivity (Wildman–Crippen MR) is 111 cm³/mol. The first kappa shape index (κ1) is 26.5. The maximum Gasteiger partial charge on any atom is 0.222 e. The molecule has 0 aromatic heterocycles. The van der Waals surface area contributed by atoms with Crippen LogP contribution in [-0.2, 0) is 28.5 Å². The minimum Gasteiger partial charge on any atom is -0.379 e. The zero-order valence-electron chi connectivity index (χ0n) is 16.5. The van der Waals surface area contributed by atoms with Crippen LogP contribution in [0.25, 0.3) is 0 Å². The van der Waals surface area contributed by atoms with Crippen LogP contribution in [0.5, 0.6) is 0 Å². The number of halogens is 1. The van der Waals surface area contributed by atoms with Crippen molar-refractivity contribution in [1.82, 2.24) is 13.7 Å². The van der Waals surface area contributed by atoms with Crippen LogP contribution in [0.1, 0.15) is 19.3 Å². The number of hydrogen-bond acceptors (Lipinski definition) is 7. The van der Waals surface area contributed by atoms with E-state index < -0.39 is 0 Å². The normalized spacial score (nSPS) is 11.0. The second kappa shape index (κ2) is 20.2. The lowest BCUT2D eigenvalue weighted by Crippen LogP contribution is -2.28. The fraction of sp³-hybridized carbons (Fsp3) is 0.882. The van der Waals surface area contributed by atoms with E-state index in [9.17, 15) is 9.59 Å². The number of carbonyl (C=O) groups is 2. The number of carbonyl (C=O) groups excluding carboxylic acids is 2. The molecule has 160 valence electrons. The van der Waals surface area contributed by atoms with Crippen molar-refractivity contribution in [2.75, 3.05) is 80.0 Å². The molecule has 2 N–H and O–H groups in total. The highest BCUT2D eigenvalue weighted by atomic mass is 127. The fourth-order valence-corrected chi connectivity index (χ4v) is 2.20. The number of hydrogen-bond donors (Lipinski definition) is 2. The third-order valence-corrected chi connectivity index (χ3v) is 3.79. The Morgan fingerprint density at radius 1 is 0.815 bits per heavy atom. The monoisotopic (exact) mass is 503 g/mol. The Morgan fingerprint density at radius 3 is 1.85 bits per heavy atom. The highest BCUT2D eigenvalue weighted by molar-refractivity contribution is 14.1. The summed E-state index contributed by atoms with van der Waals surface area (Å²) < 4.78 is 23.4. The van der Waals surface area contributed by atoms with E-state index in [0.717, 1.165) is 13.0 Å². The van der Waals surface area contributed by atoms with Crippen molar-refractivity contribution in [2.24, 2.45) is 0 Å². The summed E-state index contributed by atoms with van der Waals surface area (Å²) in [5, 5.41) is 5.36.